The lowest BCUT2D eigenvalue weighted by Crippen LogP contribution is -2.28. The first-order chi connectivity index (χ1) is 9.66. The van der Waals surface area contributed by atoms with Crippen LogP contribution in [0.3, 0.4) is 0 Å². The number of Topliss-reactive ketones (excluding diaryl/α,β-unsaturated/α-hetero) is 1. The maximum atomic E-state index is 13.0. The van der Waals surface area contributed by atoms with Crippen LogP contribution >= 0.6 is 15.9 Å². The number of carbonyl (C=O) groups excluding carboxylic acids is 1. The average Bonchev–Trinajstić information content (AvgIpc) is 2.96. The van der Waals surface area contributed by atoms with Crippen LogP contribution in [0, 0.1) is 5.41 Å². The van der Waals surface area contributed by atoms with Gasteiger partial charge < -0.3 is 9.47 Å². The van der Waals surface area contributed by atoms with Gasteiger partial charge in [-0.3, -0.25) is 4.79 Å². The molecule has 1 aliphatic carbocycles. The first kappa shape index (κ1) is 13.9. The second-order valence-electron chi connectivity index (χ2n) is 5.65. The number of hydrogen-bond acceptors (Lipinski definition) is 3. The number of ether oxygens (including phenoxy) is 2. The lowest BCUT2D eigenvalue weighted by Gasteiger charge is -2.27. The molecule has 0 saturated heterocycles. The molecule has 1 aliphatic heterocycles. The maximum Gasteiger partial charge on any atom is 0.170 e. The van der Waals surface area contributed by atoms with Crippen molar-refractivity contribution in [2.24, 2.45) is 5.41 Å². The molecule has 0 aromatic heterocycles. The Labute approximate surface area is 127 Å². The molecule has 0 bridgehead atoms. The first-order valence-corrected chi connectivity index (χ1v) is 8.09. The monoisotopic (exact) mass is 338 g/mol. The normalized spacial score (nSPS) is 19.9. The molecular weight excluding hydrogens is 320 g/mol. The van der Waals surface area contributed by atoms with Gasteiger partial charge in [0.25, 0.3) is 0 Å². The summed E-state index contributed by atoms with van der Waals surface area (Å²) in [5.74, 6) is 1.66. The predicted octanol–water partition coefficient (Wildman–Crippen LogP) is 4.37. The zero-order chi connectivity index (χ0) is 14.2. The average molecular weight is 339 g/mol. The molecule has 1 heterocycles. The van der Waals surface area contributed by atoms with Crippen molar-refractivity contribution in [1.29, 1.82) is 0 Å². The van der Waals surface area contributed by atoms with Crippen LogP contribution in [0.25, 0.3) is 0 Å². The molecule has 1 saturated carbocycles. The molecule has 0 amide bonds. The van der Waals surface area contributed by atoms with Crippen molar-refractivity contribution in [3.8, 4) is 11.5 Å². The van der Waals surface area contributed by atoms with E-state index >= 15 is 0 Å². The van der Waals surface area contributed by atoms with Crippen LogP contribution in [0.1, 0.15) is 49.4 Å². The second kappa shape index (κ2) is 5.40. The van der Waals surface area contributed by atoms with Gasteiger partial charge in [0.1, 0.15) is 13.2 Å². The van der Waals surface area contributed by atoms with Crippen molar-refractivity contribution in [2.45, 2.75) is 39.0 Å². The van der Waals surface area contributed by atoms with E-state index in [9.17, 15) is 4.79 Å². The lowest BCUT2D eigenvalue weighted by atomic mass is 9.76. The van der Waals surface area contributed by atoms with E-state index in [1.54, 1.807) is 0 Å². The van der Waals surface area contributed by atoms with E-state index in [0.717, 1.165) is 47.9 Å². The van der Waals surface area contributed by atoms with E-state index < -0.39 is 0 Å². The SMILES string of the molecule is CCC1(C(=O)c2cc3c(cc2Br)OCCO3)CCCC1. The predicted molar refractivity (Wildman–Crippen MR) is 80.7 cm³/mol. The number of halogens is 1. The second-order valence-corrected chi connectivity index (χ2v) is 6.50. The highest BCUT2D eigenvalue weighted by Crippen LogP contribution is 2.46. The summed E-state index contributed by atoms with van der Waals surface area (Å²) in [5, 5.41) is 0. The molecule has 20 heavy (non-hydrogen) atoms. The highest BCUT2D eigenvalue weighted by Gasteiger charge is 2.40. The Bertz CT molecular complexity index is 533. The van der Waals surface area contributed by atoms with Gasteiger partial charge >= 0.3 is 0 Å². The zero-order valence-electron chi connectivity index (χ0n) is 11.7. The summed E-state index contributed by atoms with van der Waals surface area (Å²) in [5.41, 5.74) is 0.560. The highest BCUT2D eigenvalue weighted by molar-refractivity contribution is 9.10. The van der Waals surface area contributed by atoms with Crippen LogP contribution in [0.4, 0.5) is 0 Å². The molecule has 3 rings (SSSR count). The van der Waals surface area contributed by atoms with Crippen molar-refractivity contribution in [1.82, 2.24) is 0 Å². The van der Waals surface area contributed by atoms with Gasteiger partial charge in [0.2, 0.25) is 0 Å². The molecule has 3 nitrogen and oxygen atoms in total. The quantitative estimate of drug-likeness (QED) is 0.767. The van der Waals surface area contributed by atoms with Gasteiger partial charge in [-0.1, -0.05) is 19.8 Å². The van der Waals surface area contributed by atoms with Crippen molar-refractivity contribution < 1.29 is 14.3 Å². The van der Waals surface area contributed by atoms with Crippen LogP contribution < -0.4 is 9.47 Å². The molecule has 2 aliphatic rings. The van der Waals surface area contributed by atoms with E-state index in [0.29, 0.717) is 19.0 Å². The molecule has 0 spiro atoms. The Morgan fingerprint density at radius 3 is 2.40 bits per heavy atom. The third kappa shape index (κ3) is 2.24. The molecule has 4 heteroatoms. The molecule has 1 aromatic rings. The summed E-state index contributed by atoms with van der Waals surface area (Å²) in [4.78, 5) is 13.0. The van der Waals surface area contributed by atoms with Gasteiger partial charge in [0.15, 0.2) is 17.3 Å². The van der Waals surface area contributed by atoms with Crippen molar-refractivity contribution in [2.75, 3.05) is 13.2 Å². The van der Waals surface area contributed by atoms with Crippen molar-refractivity contribution >= 4 is 21.7 Å². The van der Waals surface area contributed by atoms with Crippen LogP contribution in [0.15, 0.2) is 16.6 Å². The van der Waals surface area contributed by atoms with Crippen LogP contribution in [0.2, 0.25) is 0 Å². The van der Waals surface area contributed by atoms with Crippen LogP contribution in [-0.2, 0) is 0 Å². The molecule has 0 N–H and O–H groups in total. The van der Waals surface area contributed by atoms with Crippen molar-refractivity contribution in [3.05, 3.63) is 22.2 Å². The third-order valence-corrected chi connectivity index (χ3v) is 5.25. The van der Waals surface area contributed by atoms with E-state index in [-0.39, 0.29) is 11.2 Å². The fourth-order valence-corrected chi connectivity index (χ4v) is 3.82. The van der Waals surface area contributed by atoms with Crippen molar-refractivity contribution in [3.63, 3.8) is 0 Å². The molecule has 1 aromatic carbocycles. The van der Waals surface area contributed by atoms with E-state index in [1.165, 1.54) is 0 Å². The largest absolute Gasteiger partial charge is 0.486 e. The van der Waals surface area contributed by atoms with Gasteiger partial charge in [-0.25, -0.2) is 0 Å². The smallest absolute Gasteiger partial charge is 0.170 e. The Balaban J connectivity index is 1.99. The molecule has 0 radical (unpaired) electrons. The minimum Gasteiger partial charge on any atom is -0.486 e. The summed E-state index contributed by atoms with van der Waals surface area (Å²) < 4.78 is 12.0. The summed E-state index contributed by atoms with van der Waals surface area (Å²) in [7, 11) is 0. The fraction of sp³-hybridized carbons (Fsp3) is 0.562. The Morgan fingerprint density at radius 1 is 1.20 bits per heavy atom. The number of ketones is 1. The highest BCUT2D eigenvalue weighted by atomic mass is 79.9. The molecule has 0 atom stereocenters. The number of hydrogen-bond donors (Lipinski definition) is 0. The Hall–Kier alpha value is -1.03. The summed E-state index contributed by atoms with van der Waals surface area (Å²) >= 11 is 3.52. The molecule has 1 fully saturated rings. The Kier molecular flexibility index (Phi) is 3.76. The fourth-order valence-electron chi connectivity index (χ4n) is 3.32. The van der Waals surface area contributed by atoms with E-state index in [4.69, 9.17) is 9.47 Å². The number of fused-ring (bicyclic) bond motifs is 1. The molecule has 108 valence electrons. The number of carbonyl (C=O) groups is 1. The van der Waals surface area contributed by atoms with Gasteiger partial charge in [0.05, 0.1) is 0 Å². The van der Waals surface area contributed by atoms with Gasteiger partial charge in [0, 0.05) is 15.5 Å². The zero-order valence-corrected chi connectivity index (χ0v) is 13.3. The van der Waals surface area contributed by atoms with E-state index in [1.807, 2.05) is 12.1 Å². The number of rotatable bonds is 3. The maximum absolute atomic E-state index is 13.0. The minimum absolute atomic E-state index is 0.174. The minimum atomic E-state index is -0.174. The van der Waals surface area contributed by atoms with Gasteiger partial charge in [-0.15, -0.1) is 0 Å². The lowest BCUT2D eigenvalue weighted by molar-refractivity contribution is 0.0789. The van der Waals surface area contributed by atoms with Crippen LogP contribution in [-0.4, -0.2) is 19.0 Å². The summed E-state index contributed by atoms with van der Waals surface area (Å²) in [6, 6.07) is 3.71. The van der Waals surface area contributed by atoms with Gasteiger partial charge in [-0.05, 0) is 47.3 Å². The number of benzene rings is 1. The third-order valence-electron chi connectivity index (χ3n) is 4.60. The first-order valence-electron chi connectivity index (χ1n) is 7.30. The Morgan fingerprint density at radius 2 is 1.80 bits per heavy atom. The van der Waals surface area contributed by atoms with Crippen LogP contribution in [0.5, 0.6) is 11.5 Å². The molecular formula is C16H19BrO3. The molecule has 0 unspecified atom stereocenters. The summed E-state index contributed by atoms with van der Waals surface area (Å²) in [6.45, 7) is 3.22. The van der Waals surface area contributed by atoms with E-state index in [2.05, 4.69) is 22.9 Å². The van der Waals surface area contributed by atoms with Gasteiger partial charge in [-0.2, -0.15) is 0 Å². The summed E-state index contributed by atoms with van der Waals surface area (Å²) in [6.07, 6.45) is 5.22. The topological polar surface area (TPSA) is 35.5 Å². The standard InChI is InChI=1S/C16H19BrO3/c1-2-16(5-3-4-6-16)15(18)11-9-13-14(10-12(11)17)20-8-7-19-13/h9-10H,2-8H2,1H3.